The van der Waals surface area contributed by atoms with Crippen LogP contribution >= 0.6 is 0 Å². The third-order valence-electron chi connectivity index (χ3n) is 12.9. The fraction of sp³-hybridized carbons (Fsp3) is 0.0806. The molecule has 0 saturated heterocycles. The molecule has 2 aliphatic rings. The highest BCUT2D eigenvalue weighted by atomic mass is 15.0. The van der Waals surface area contributed by atoms with Gasteiger partial charge in [-0.05, 0) is 143 Å². The maximum Gasteiger partial charge on any atom is 0.164 e. The Morgan fingerprint density at radius 2 is 0.901 bits per heavy atom. The number of aromatic nitrogens is 3. The monoisotopic (exact) mass is 913 g/mol. The molecule has 0 saturated carbocycles. The van der Waals surface area contributed by atoms with Gasteiger partial charge >= 0.3 is 0 Å². The fourth-order valence-electron chi connectivity index (χ4n) is 9.62. The van der Waals surface area contributed by atoms with Crippen LogP contribution in [0.3, 0.4) is 0 Å². The molecule has 0 bridgehead atoms. The first kappa shape index (κ1) is 45.1. The van der Waals surface area contributed by atoms with Crippen LogP contribution < -0.4 is 0 Å². The highest BCUT2D eigenvalue weighted by Gasteiger charge is 2.51. The van der Waals surface area contributed by atoms with Crippen LogP contribution in [0.2, 0.25) is 0 Å². The number of amidine groups is 2. The minimum Gasteiger partial charge on any atom is -0.261 e. The summed E-state index contributed by atoms with van der Waals surface area (Å²) in [7, 11) is 0. The van der Waals surface area contributed by atoms with Crippen molar-refractivity contribution in [3.05, 3.63) is 243 Å². The number of benzene rings is 8. The van der Waals surface area contributed by atoms with E-state index in [0.717, 1.165) is 50.1 Å². The second-order valence-electron chi connectivity index (χ2n) is 17.0. The van der Waals surface area contributed by atoms with Gasteiger partial charge in [-0.1, -0.05) is 123 Å². The number of rotatable bonds is 7. The molecular weight excluding hydrogens is 871 g/mol. The molecule has 1 aromatic heterocycles. The molecule has 0 unspecified atom stereocenters. The Balaban J connectivity index is 0.00000287. The summed E-state index contributed by atoms with van der Waals surface area (Å²) in [6.07, 6.45) is 0. The van der Waals surface area contributed by atoms with Crippen LogP contribution in [0.15, 0.2) is 197 Å². The van der Waals surface area contributed by atoms with Gasteiger partial charge in [0, 0.05) is 27.8 Å². The van der Waals surface area contributed by atoms with Gasteiger partial charge in [0.15, 0.2) is 29.1 Å². The summed E-state index contributed by atoms with van der Waals surface area (Å²) >= 11 is 0. The maximum absolute atomic E-state index is 9.58. The van der Waals surface area contributed by atoms with Gasteiger partial charge < -0.3 is 0 Å². The molecule has 9 heteroatoms. The van der Waals surface area contributed by atoms with Crippen LogP contribution in [0.1, 0.15) is 75.0 Å². The summed E-state index contributed by atoms with van der Waals surface area (Å²) in [5, 5.41) is 28.5. The zero-order chi connectivity index (χ0) is 49.1. The number of aliphatic imine (C=N–C) groups is 3. The topological polar surface area (TPSA) is 147 Å². The number of hydrogen-bond acceptors (Lipinski definition) is 7. The Kier molecular flexibility index (Phi) is 12.1. The van der Waals surface area contributed by atoms with E-state index in [-0.39, 0.29) is 6.54 Å². The lowest BCUT2D eigenvalue weighted by Crippen LogP contribution is -2.26. The highest BCUT2D eigenvalue weighted by Crippen LogP contribution is 2.63. The van der Waals surface area contributed by atoms with Gasteiger partial charge in [-0.2, -0.15) is 15.8 Å². The predicted octanol–water partition coefficient (Wildman–Crippen LogP) is 13.3. The first-order chi connectivity index (χ1) is 34.9. The van der Waals surface area contributed by atoms with Crippen LogP contribution in [0.4, 0.5) is 0 Å². The molecule has 0 N–H and O–H groups in total. The molecule has 11 rings (SSSR count). The maximum atomic E-state index is 9.58. The zero-order valence-electron chi connectivity index (χ0n) is 39.3. The van der Waals surface area contributed by atoms with Gasteiger partial charge in [0.25, 0.3) is 0 Å². The van der Waals surface area contributed by atoms with E-state index in [9.17, 15) is 15.8 Å². The third-order valence-corrected chi connectivity index (χ3v) is 12.9. The molecule has 71 heavy (non-hydrogen) atoms. The summed E-state index contributed by atoms with van der Waals surface area (Å²) in [4.78, 5) is 29.6. The van der Waals surface area contributed by atoms with Crippen molar-refractivity contribution in [1.29, 1.82) is 15.8 Å². The van der Waals surface area contributed by atoms with E-state index >= 15 is 0 Å². The van der Waals surface area contributed by atoms with Gasteiger partial charge in [-0.15, -0.1) is 0 Å². The number of fused-ring (bicyclic) bond motifs is 10. The Bertz CT molecular complexity index is 3690. The summed E-state index contributed by atoms with van der Waals surface area (Å²) in [5.41, 5.74) is 16.1. The molecule has 9 nitrogen and oxygen atoms in total. The quantitative estimate of drug-likeness (QED) is 0.115. The molecule has 1 spiro atoms. The largest absolute Gasteiger partial charge is 0.261 e. The fourth-order valence-corrected chi connectivity index (χ4v) is 9.62. The lowest BCUT2D eigenvalue weighted by Gasteiger charge is -2.31. The summed E-state index contributed by atoms with van der Waals surface area (Å²) < 4.78 is 0. The molecule has 2 aliphatic carbocycles. The van der Waals surface area contributed by atoms with Gasteiger partial charge in [-0.25, -0.2) is 24.9 Å². The van der Waals surface area contributed by atoms with Crippen molar-refractivity contribution in [2.45, 2.75) is 32.7 Å². The average molecular weight is 914 g/mol. The van der Waals surface area contributed by atoms with Crippen LogP contribution in [0, 0.1) is 40.9 Å². The van der Waals surface area contributed by atoms with E-state index in [2.05, 4.69) is 134 Å². The predicted molar refractivity (Wildman–Crippen MR) is 282 cm³/mol. The Hall–Kier alpha value is -9.75. The van der Waals surface area contributed by atoms with E-state index in [1.54, 1.807) is 48.5 Å². The Morgan fingerprint density at radius 3 is 1.42 bits per heavy atom. The smallest absolute Gasteiger partial charge is 0.164 e. The SMILES string of the molecule is C=NC(=NC(=NCc1ccc2c(c1)C1(c3ccccc3-c3ccccc31)c1cc(-c3nc(-c4ccc(C)cc4)nc(-c4ccc(C#N)cc4)n3)ccc1-2)c1ccc(C#N)cc1)c1ccc(C#N)cc1.CC. The summed E-state index contributed by atoms with van der Waals surface area (Å²) in [5.74, 6) is 2.38. The van der Waals surface area contributed by atoms with E-state index in [1.807, 2.05) is 50.2 Å². The second-order valence-corrected chi connectivity index (χ2v) is 17.0. The van der Waals surface area contributed by atoms with Crippen molar-refractivity contribution in [1.82, 2.24) is 15.0 Å². The number of nitrogens with zero attached hydrogens (tertiary/aromatic N) is 9. The molecule has 9 aromatic rings. The van der Waals surface area contributed by atoms with Gasteiger partial charge in [0.05, 0.1) is 46.9 Å². The van der Waals surface area contributed by atoms with E-state index < -0.39 is 5.41 Å². The Morgan fingerprint density at radius 1 is 0.479 bits per heavy atom. The summed E-state index contributed by atoms with van der Waals surface area (Å²) in [6, 6.07) is 66.8. The molecule has 0 aliphatic heterocycles. The standard InChI is InChI=1S/C60H37N9.C2H6/c1-37-11-20-44(21-12-37)57-67-58(45-26-17-40(35-63)18-27-45)69-59(68-57)46-28-30-50-49-29-19-41(31-53(49)60(54(50)32-46)51-9-5-3-7-47(51)48-8-4-6-10-52(48)60)36-65-56(43-24-15-39(34-62)16-25-43)66-55(64-2)42-22-13-38(33-61)14-23-42;1-2/h3-32H,2,36H2,1H3;1-2H3. The van der Waals surface area contributed by atoms with E-state index in [1.165, 1.54) is 22.3 Å². The van der Waals surface area contributed by atoms with Crippen LogP contribution in [-0.2, 0) is 12.0 Å². The molecule has 0 atom stereocenters. The van der Waals surface area contributed by atoms with E-state index in [0.29, 0.717) is 57.0 Å². The zero-order valence-corrected chi connectivity index (χ0v) is 39.3. The summed E-state index contributed by atoms with van der Waals surface area (Å²) in [6.45, 7) is 10.2. The molecule has 1 heterocycles. The Labute approximate surface area is 412 Å². The lowest BCUT2D eigenvalue weighted by atomic mass is 9.70. The van der Waals surface area contributed by atoms with Crippen molar-refractivity contribution >= 4 is 18.4 Å². The van der Waals surface area contributed by atoms with Gasteiger partial charge in [-0.3, -0.25) is 4.99 Å². The van der Waals surface area contributed by atoms with Gasteiger partial charge in [0.1, 0.15) is 0 Å². The van der Waals surface area contributed by atoms with Crippen molar-refractivity contribution < 1.29 is 0 Å². The molecular formula is C62H43N9. The highest BCUT2D eigenvalue weighted by molar-refractivity contribution is 6.12. The number of hydrogen-bond donors (Lipinski definition) is 0. The van der Waals surface area contributed by atoms with Crippen molar-refractivity contribution in [3.8, 4) is 74.6 Å². The van der Waals surface area contributed by atoms with E-state index in [4.69, 9.17) is 24.9 Å². The first-order valence-corrected chi connectivity index (χ1v) is 23.3. The molecule has 8 aromatic carbocycles. The second kappa shape index (κ2) is 19.1. The number of nitriles is 3. The molecule has 0 fully saturated rings. The van der Waals surface area contributed by atoms with Crippen LogP contribution in [0.25, 0.3) is 56.4 Å². The minimum absolute atomic E-state index is 0.287. The molecule has 0 radical (unpaired) electrons. The molecule has 0 amide bonds. The number of aryl methyl sites for hydroxylation is 1. The third kappa shape index (κ3) is 8.06. The lowest BCUT2D eigenvalue weighted by molar-refractivity contribution is 0.791. The van der Waals surface area contributed by atoms with Crippen molar-refractivity contribution in [2.24, 2.45) is 15.0 Å². The van der Waals surface area contributed by atoms with Crippen LogP contribution in [-0.4, -0.2) is 33.3 Å². The first-order valence-electron chi connectivity index (χ1n) is 23.3. The van der Waals surface area contributed by atoms with Crippen molar-refractivity contribution in [2.75, 3.05) is 0 Å². The van der Waals surface area contributed by atoms with Gasteiger partial charge in [0.2, 0.25) is 0 Å². The average Bonchev–Trinajstić information content (AvgIpc) is 3.90. The van der Waals surface area contributed by atoms with Crippen molar-refractivity contribution in [3.63, 3.8) is 0 Å². The molecule has 336 valence electrons. The normalized spacial score (nSPS) is 12.5. The van der Waals surface area contributed by atoms with Crippen LogP contribution in [0.5, 0.6) is 0 Å². The minimum atomic E-state index is -0.694.